The monoisotopic (exact) mass is 265 g/mol. The van der Waals surface area contributed by atoms with E-state index in [1.807, 2.05) is 32.8 Å². The third-order valence-corrected chi connectivity index (χ3v) is 3.57. The van der Waals surface area contributed by atoms with Crippen LogP contribution in [0.1, 0.15) is 40.5 Å². The Hall–Kier alpha value is 0.0300. The number of hydrogen-bond acceptors (Lipinski definition) is 6. The van der Waals surface area contributed by atoms with Crippen LogP contribution in [0.5, 0.6) is 0 Å². The summed E-state index contributed by atoms with van der Waals surface area (Å²) in [6.45, 7) is 7.70. The normalized spacial score (nSPS) is 26.1. The summed E-state index contributed by atoms with van der Waals surface area (Å²) in [4.78, 5) is 26.7. The van der Waals surface area contributed by atoms with Gasteiger partial charge in [-0.2, -0.15) is 5.06 Å². The first kappa shape index (κ1) is 15.1. The van der Waals surface area contributed by atoms with Gasteiger partial charge in [0.25, 0.3) is 0 Å². The van der Waals surface area contributed by atoms with E-state index in [1.54, 1.807) is 7.11 Å². The average Bonchev–Trinajstić information content (AvgIpc) is 1.94. The lowest BCUT2D eigenvalue weighted by Gasteiger charge is -2.54. The Kier molecular flexibility index (Phi) is 4.09. The van der Waals surface area contributed by atoms with Gasteiger partial charge in [0, 0.05) is 11.1 Å². The van der Waals surface area contributed by atoms with Crippen molar-refractivity contribution in [3.8, 4) is 0 Å². The first-order chi connectivity index (χ1) is 7.48. The zero-order chi connectivity index (χ0) is 13.5. The standard InChI is InChI=1S/C10H22NO5P/c1-9(2)6-8(16-17(12,13)14)7-10(3,4)11(9)15-5/h8H,6-7H2,1-5H3,(H2,12,13,14)/p-2. The molecule has 6 nitrogen and oxygen atoms in total. The molecule has 0 atom stereocenters. The number of nitrogens with zero attached hydrogens (tertiary/aromatic N) is 1. The molecule has 0 aromatic rings. The van der Waals surface area contributed by atoms with Crippen molar-refractivity contribution < 1.29 is 23.7 Å². The number of piperidine rings is 1. The molecular formula is C10H20NO5P-2. The van der Waals surface area contributed by atoms with Crippen molar-refractivity contribution in [1.82, 2.24) is 5.06 Å². The quantitative estimate of drug-likeness (QED) is 0.687. The van der Waals surface area contributed by atoms with Crippen LogP contribution >= 0.6 is 7.82 Å². The fourth-order valence-electron chi connectivity index (χ4n) is 2.92. The topological polar surface area (TPSA) is 84.9 Å². The Labute approximate surface area is 102 Å². The molecule has 1 fully saturated rings. The molecule has 1 heterocycles. The predicted octanol–water partition coefficient (Wildman–Crippen LogP) is 0.415. The maximum Gasteiger partial charge on any atom is 0.0664 e. The molecule has 0 amide bonds. The minimum absolute atomic E-state index is 0.393. The van der Waals surface area contributed by atoms with Gasteiger partial charge in [0.2, 0.25) is 0 Å². The second-order valence-electron chi connectivity index (χ2n) is 5.68. The van der Waals surface area contributed by atoms with E-state index in [9.17, 15) is 14.4 Å². The molecule has 1 rings (SSSR count). The predicted molar refractivity (Wildman–Crippen MR) is 58.7 cm³/mol. The van der Waals surface area contributed by atoms with E-state index >= 15 is 0 Å². The van der Waals surface area contributed by atoms with Crippen LogP contribution < -0.4 is 9.79 Å². The van der Waals surface area contributed by atoms with Crippen LogP contribution in [0.3, 0.4) is 0 Å². The number of rotatable bonds is 3. The number of hydroxylamine groups is 2. The first-order valence-electron chi connectivity index (χ1n) is 5.53. The maximum absolute atomic E-state index is 10.7. The van der Waals surface area contributed by atoms with E-state index in [-0.39, 0.29) is 0 Å². The van der Waals surface area contributed by atoms with Gasteiger partial charge in [0.05, 0.1) is 21.0 Å². The zero-order valence-electron chi connectivity index (χ0n) is 10.9. The van der Waals surface area contributed by atoms with E-state index in [0.29, 0.717) is 12.8 Å². The molecular weight excluding hydrogens is 245 g/mol. The van der Waals surface area contributed by atoms with Crippen molar-refractivity contribution in [2.24, 2.45) is 0 Å². The van der Waals surface area contributed by atoms with Crippen molar-refractivity contribution in [3.63, 3.8) is 0 Å². The molecule has 0 unspecified atom stereocenters. The van der Waals surface area contributed by atoms with E-state index in [4.69, 9.17) is 4.84 Å². The van der Waals surface area contributed by atoms with Crippen molar-refractivity contribution >= 4 is 7.82 Å². The summed E-state index contributed by atoms with van der Waals surface area (Å²) in [5.74, 6) is 0. The summed E-state index contributed by atoms with van der Waals surface area (Å²) in [5.41, 5.74) is -0.785. The molecule has 1 aliphatic heterocycles. The molecule has 1 saturated heterocycles. The average molecular weight is 265 g/mol. The van der Waals surface area contributed by atoms with Crippen LogP contribution in [-0.2, 0) is 13.9 Å². The van der Waals surface area contributed by atoms with E-state index < -0.39 is 25.0 Å². The third-order valence-electron chi connectivity index (χ3n) is 3.01. The highest BCUT2D eigenvalue weighted by Crippen LogP contribution is 2.43. The van der Waals surface area contributed by atoms with Crippen LogP contribution in [0.4, 0.5) is 0 Å². The zero-order valence-corrected chi connectivity index (χ0v) is 11.8. The van der Waals surface area contributed by atoms with Crippen LogP contribution in [-0.4, -0.2) is 29.4 Å². The fraction of sp³-hybridized carbons (Fsp3) is 1.00. The molecule has 0 aromatic heterocycles. The SMILES string of the molecule is CON1C(C)(C)CC(OP(=O)([O-])[O-])CC1(C)C. The van der Waals surface area contributed by atoms with Crippen LogP contribution in [0.15, 0.2) is 0 Å². The summed E-state index contributed by atoms with van der Waals surface area (Å²) in [6, 6.07) is 0. The van der Waals surface area contributed by atoms with Gasteiger partial charge in [-0.25, -0.2) is 0 Å². The van der Waals surface area contributed by atoms with Crippen molar-refractivity contribution in [2.45, 2.75) is 57.7 Å². The second kappa shape index (κ2) is 4.61. The van der Waals surface area contributed by atoms with Crippen molar-refractivity contribution in [3.05, 3.63) is 0 Å². The molecule has 17 heavy (non-hydrogen) atoms. The van der Waals surface area contributed by atoms with Gasteiger partial charge in [-0.15, -0.1) is 0 Å². The Balaban J connectivity index is 2.88. The lowest BCUT2D eigenvalue weighted by atomic mass is 9.80. The van der Waals surface area contributed by atoms with E-state index in [2.05, 4.69) is 4.52 Å². The summed E-state index contributed by atoms with van der Waals surface area (Å²) in [7, 11) is -3.35. The molecule has 1 aliphatic rings. The van der Waals surface area contributed by atoms with Crippen LogP contribution in [0.2, 0.25) is 0 Å². The molecule has 0 aliphatic carbocycles. The summed E-state index contributed by atoms with van der Waals surface area (Å²) in [6.07, 6.45) is 0.268. The van der Waals surface area contributed by atoms with Gasteiger partial charge in [-0.3, -0.25) is 0 Å². The van der Waals surface area contributed by atoms with Gasteiger partial charge in [0.1, 0.15) is 0 Å². The third kappa shape index (κ3) is 3.74. The van der Waals surface area contributed by atoms with Gasteiger partial charge < -0.3 is 23.7 Å². The molecule has 0 N–H and O–H groups in total. The van der Waals surface area contributed by atoms with Crippen LogP contribution in [0, 0.1) is 0 Å². The summed E-state index contributed by atoms with van der Waals surface area (Å²) >= 11 is 0. The first-order valence-corrected chi connectivity index (χ1v) is 6.99. The fourth-order valence-corrected chi connectivity index (χ4v) is 3.44. The minimum Gasteiger partial charge on any atom is -0.790 e. The Morgan fingerprint density at radius 3 is 1.88 bits per heavy atom. The summed E-state index contributed by atoms with van der Waals surface area (Å²) < 4.78 is 15.3. The molecule has 0 aromatic carbocycles. The molecule has 0 radical (unpaired) electrons. The van der Waals surface area contributed by atoms with Crippen LogP contribution in [0.25, 0.3) is 0 Å². The minimum atomic E-state index is -4.93. The second-order valence-corrected chi connectivity index (χ2v) is 6.79. The Bertz CT molecular complexity index is 307. The molecule has 0 spiro atoms. The smallest absolute Gasteiger partial charge is 0.0664 e. The molecule has 0 saturated carbocycles. The lowest BCUT2D eigenvalue weighted by Crippen LogP contribution is -2.61. The Morgan fingerprint density at radius 1 is 1.18 bits per heavy atom. The molecule has 7 heteroatoms. The lowest BCUT2D eigenvalue weighted by molar-refractivity contribution is -0.350. The molecule has 102 valence electrons. The largest absolute Gasteiger partial charge is 0.790 e. The van der Waals surface area contributed by atoms with Gasteiger partial charge in [-0.05, 0) is 40.5 Å². The van der Waals surface area contributed by atoms with Crippen molar-refractivity contribution in [2.75, 3.05) is 7.11 Å². The highest BCUT2D eigenvalue weighted by molar-refractivity contribution is 7.43. The van der Waals surface area contributed by atoms with Crippen molar-refractivity contribution in [1.29, 1.82) is 0 Å². The van der Waals surface area contributed by atoms with Gasteiger partial charge >= 0.3 is 0 Å². The van der Waals surface area contributed by atoms with E-state index in [0.717, 1.165) is 0 Å². The number of phosphoric acid groups is 1. The highest BCUT2D eigenvalue weighted by Gasteiger charge is 2.46. The van der Waals surface area contributed by atoms with Gasteiger partial charge in [-0.1, -0.05) is 0 Å². The number of phosphoric ester groups is 1. The molecule has 0 bridgehead atoms. The Morgan fingerprint density at radius 2 is 1.59 bits per heavy atom. The maximum atomic E-state index is 10.7. The highest BCUT2D eigenvalue weighted by atomic mass is 31.2. The van der Waals surface area contributed by atoms with E-state index in [1.165, 1.54) is 0 Å². The van der Waals surface area contributed by atoms with Gasteiger partial charge in [0.15, 0.2) is 0 Å². The summed E-state index contributed by atoms with van der Waals surface area (Å²) in [5, 5.41) is 1.82. The number of hydrogen-bond donors (Lipinski definition) is 0.